The molecule has 1 amide bonds. The van der Waals surface area contributed by atoms with Gasteiger partial charge in [0.15, 0.2) is 5.16 Å². The van der Waals surface area contributed by atoms with Gasteiger partial charge in [0.25, 0.3) is 0 Å². The molecular formula is C25H30F3N7OS. The van der Waals surface area contributed by atoms with E-state index in [4.69, 9.17) is 5.73 Å². The summed E-state index contributed by atoms with van der Waals surface area (Å²) in [7, 11) is 0. The van der Waals surface area contributed by atoms with Gasteiger partial charge in [-0.3, -0.25) is 9.69 Å². The summed E-state index contributed by atoms with van der Waals surface area (Å²) in [6.07, 6.45) is 4.11. The van der Waals surface area contributed by atoms with Gasteiger partial charge >= 0.3 is 6.18 Å². The van der Waals surface area contributed by atoms with E-state index in [1.165, 1.54) is 17.8 Å². The van der Waals surface area contributed by atoms with Gasteiger partial charge in [0.05, 0.1) is 16.6 Å². The number of halogens is 3. The topological polar surface area (TPSA) is 93.2 Å². The zero-order valence-corrected chi connectivity index (χ0v) is 21.4. The Labute approximate surface area is 217 Å². The Morgan fingerprint density at radius 3 is 2.38 bits per heavy atom. The fraction of sp³-hybridized carbons (Fsp3) is 0.520. The van der Waals surface area contributed by atoms with E-state index in [0.717, 1.165) is 63.0 Å². The largest absolute Gasteiger partial charge is 0.416 e. The van der Waals surface area contributed by atoms with Gasteiger partial charge in [0.1, 0.15) is 0 Å². The smallest absolute Gasteiger partial charge is 0.368 e. The van der Waals surface area contributed by atoms with E-state index in [0.29, 0.717) is 29.3 Å². The van der Waals surface area contributed by atoms with Gasteiger partial charge in [-0.25, -0.2) is 15.0 Å². The van der Waals surface area contributed by atoms with Crippen LogP contribution in [0.4, 0.5) is 19.1 Å². The zero-order chi connectivity index (χ0) is 26.2. The molecule has 12 heteroatoms. The number of benzene rings is 1. The molecule has 4 heterocycles. The highest BCUT2D eigenvalue weighted by molar-refractivity contribution is 7.98. The lowest BCUT2D eigenvalue weighted by Gasteiger charge is -2.38. The van der Waals surface area contributed by atoms with Gasteiger partial charge in [0.2, 0.25) is 11.9 Å². The number of piperidine rings is 2. The standard InChI is InChI=1S/C25H30F3N7OS/c1-37-24-32-20-12-18(25(26,27)28)2-3-21(20)35(24)19-6-10-34(11-7-19)22(36)17-4-8-33(9-5-17)15-16-13-30-23(29)31-14-16/h2-3,12-14,17,19H,4-11,15H2,1H3,(H2,29,30,31). The second kappa shape index (κ2) is 10.5. The fourth-order valence-corrected chi connectivity index (χ4v) is 6.03. The van der Waals surface area contributed by atoms with Crippen LogP contribution in [0.2, 0.25) is 0 Å². The van der Waals surface area contributed by atoms with Crippen LogP contribution in [0.15, 0.2) is 35.7 Å². The van der Waals surface area contributed by atoms with Crippen molar-refractivity contribution in [1.82, 2.24) is 29.3 Å². The average Bonchev–Trinajstić information content (AvgIpc) is 3.28. The van der Waals surface area contributed by atoms with E-state index in [9.17, 15) is 18.0 Å². The summed E-state index contributed by atoms with van der Waals surface area (Å²) in [6.45, 7) is 3.71. The van der Waals surface area contributed by atoms with Crippen molar-refractivity contribution in [1.29, 1.82) is 0 Å². The summed E-state index contributed by atoms with van der Waals surface area (Å²) in [5, 5.41) is 0.706. The van der Waals surface area contributed by atoms with Crippen LogP contribution in [0.3, 0.4) is 0 Å². The molecule has 8 nitrogen and oxygen atoms in total. The Morgan fingerprint density at radius 2 is 1.76 bits per heavy atom. The van der Waals surface area contributed by atoms with E-state index in [1.54, 1.807) is 12.4 Å². The summed E-state index contributed by atoms with van der Waals surface area (Å²) in [6, 6.07) is 3.86. The first kappa shape index (κ1) is 25.8. The highest BCUT2D eigenvalue weighted by Gasteiger charge is 2.34. The number of amides is 1. The molecule has 5 rings (SSSR count). The predicted molar refractivity (Wildman–Crippen MR) is 136 cm³/mol. The van der Waals surface area contributed by atoms with Crippen molar-refractivity contribution >= 4 is 34.7 Å². The predicted octanol–water partition coefficient (Wildman–Crippen LogP) is 4.22. The van der Waals surface area contributed by atoms with Gasteiger partial charge in [-0.2, -0.15) is 13.2 Å². The van der Waals surface area contributed by atoms with E-state index >= 15 is 0 Å². The molecule has 0 bridgehead atoms. The van der Waals surface area contributed by atoms with E-state index in [1.807, 2.05) is 11.2 Å². The Bertz CT molecular complexity index is 1250. The van der Waals surface area contributed by atoms with E-state index < -0.39 is 11.7 Å². The van der Waals surface area contributed by atoms with Crippen molar-refractivity contribution in [3.05, 3.63) is 41.7 Å². The first-order chi connectivity index (χ1) is 17.7. The van der Waals surface area contributed by atoms with Gasteiger partial charge in [-0.15, -0.1) is 0 Å². The van der Waals surface area contributed by atoms with Crippen LogP contribution < -0.4 is 5.73 Å². The summed E-state index contributed by atoms with van der Waals surface area (Å²) < 4.78 is 41.6. The van der Waals surface area contributed by atoms with E-state index in [-0.39, 0.29) is 23.8 Å². The fourth-order valence-electron chi connectivity index (χ4n) is 5.40. The maximum Gasteiger partial charge on any atom is 0.416 e. The zero-order valence-electron chi connectivity index (χ0n) is 20.6. The minimum Gasteiger partial charge on any atom is -0.368 e. The minimum atomic E-state index is -4.40. The first-order valence-corrected chi connectivity index (χ1v) is 13.7. The summed E-state index contributed by atoms with van der Waals surface area (Å²) in [5.41, 5.74) is 6.94. The average molecular weight is 534 g/mol. The molecule has 0 saturated carbocycles. The lowest BCUT2D eigenvalue weighted by Crippen LogP contribution is -2.45. The number of carbonyl (C=O) groups excluding carboxylic acids is 1. The highest BCUT2D eigenvalue weighted by atomic mass is 32.2. The number of rotatable bonds is 5. The van der Waals surface area contributed by atoms with Gasteiger partial charge in [0, 0.05) is 49.6 Å². The molecule has 0 spiro atoms. The van der Waals surface area contributed by atoms with Crippen LogP contribution in [0.5, 0.6) is 0 Å². The Balaban J connectivity index is 1.18. The van der Waals surface area contributed by atoms with Crippen LogP contribution in [-0.4, -0.2) is 67.7 Å². The SMILES string of the molecule is CSc1nc2cc(C(F)(F)F)ccc2n1C1CCN(C(=O)C2CCN(Cc3cnc(N)nc3)CC2)CC1. The van der Waals surface area contributed by atoms with Crippen LogP contribution >= 0.6 is 11.8 Å². The summed E-state index contributed by atoms with van der Waals surface area (Å²) in [4.78, 5) is 30.1. The molecule has 3 aromatic rings. The number of hydrogen-bond donors (Lipinski definition) is 1. The summed E-state index contributed by atoms with van der Waals surface area (Å²) in [5.74, 6) is 0.495. The third-order valence-corrected chi connectivity index (χ3v) is 8.03. The minimum absolute atomic E-state index is 0.0205. The number of thioether (sulfide) groups is 1. The third-order valence-electron chi connectivity index (χ3n) is 7.38. The number of nitrogens with two attached hydrogens (primary N) is 1. The number of likely N-dealkylation sites (tertiary alicyclic amines) is 2. The molecular weight excluding hydrogens is 503 g/mol. The van der Waals surface area contributed by atoms with Crippen molar-refractivity contribution in [2.45, 2.75) is 49.6 Å². The monoisotopic (exact) mass is 533 g/mol. The van der Waals surface area contributed by atoms with Gasteiger partial charge < -0.3 is 15.2 Å². The van der Waals surface area contributed by atoms with Crippen LogP contribution in [0.1, 0.15) is 42.9 Å². The lowest BCUT2D eigenvalue weighted by molar-refractivity contribution is -0.138. The Kier molecular flexibility index (Phi) is 7.30. The quantitative estimate of drug-likeness (QED) is 0.491. The first-order valence-electron chi connectivity index (χ1n) is 12.4. The second-order valence-corrected chi connectivity index (χ2v) is 10.5. The number of alkyl halides is 3. The van der Waals surface area contributed by atoms with Gasteiger partial charge in [-0.05, 0) is 63.2 Å². The molecule has 198 valence electrons. The molecule has 0 aliphatic carbocycles. The molecule has 0 unspecified atom stereocenters. The number of fused-ring (bicyclic) bond motifs is 1. The number of hydrogen-bond acceptors (Lipinski definition) is 7. The third kappa shape index (κ3) is 5.54. The summed E-state index contributed by atoms with van der Waals surface area (Å²) >= 11 is 1.43. The number of carbonyl (C=O) groups is 1. The molecule has 2 aliphatic heterocycles. The Hall–Kier alpha value is -2.86. The number of anilines is 1. The van der Waals surface area contributed by atoms with Crippen molar-refractivity contribution in [2.24, 2.45) is 5.92 Å². The van der Waals surface area contributed by atoms with Crippen LogP contribution in [0.25, 0.3) is 11.0 Å². The molecule has 2 N–H and O–H groups in total. The molecule has 2 saturated heterocycles. The Morgan fingerprint density at radius 1 is 1.08 bits per heavy atom. The highest BCUT2D eigenvalue weighted by Crippen LogP contribution is 2.36. The number of aromatic nitrogens is 4. The molecule has 2 aromatic heterocycles. The van der Waals surface area contributed by atoms with Crippen molar-refractivity contribution < 1.29 is 18.0 Å². The maximum atomic E-state index is 13.3. The number of nitrogens with zero attached hydrogens (tertiary/aromatic N) is 6. The van der Waals surface area contributed by atoms with Crippen LogP contribution in [0, 0.1) is 5.92 Å². The van der Waals surface area contributed by atoms with Crippen molar-refractivity contribution in [3.63, 3.8) is 0 Å². The number of imidazole rings is 1. The molecule has 1 aromatic carbocycles. The maximum absolute atomic E-state index is 13.3. The molecule has 0 atom stereocenters. The molecule has 2 aliphatic rings. The van der Waals surface area contributed by atoms with Gasteiger partial charge in [-0.1, -0.05) is 11.8 Å². The molecule has 2 fully saturated rings. The van der Waals surface area contributed by atoms with Crippen molar-refractivity contribution in [3.8, 4) is 0 Å². The second-order valence-electron chi connectivity index (χ2n) is 9.73. The lowest BCUT2D eigenvalue weighted by atomic mass is 9.93. The molecule has 0 radical (unpaired) electrons. The molecule has 37 heavy (non-hydrogen) atoms. The van der Waals surface area contributed by atoms with Crippen molar-refractivity contribution in [2.75, 3.05) is 38.2 Å². The van der Waals surface area contributed by atoms with E-state index in [2.05, 4.69) is 24.4 Å². The van der Waals surface area contributed by atoms with Crippen LogP contribution in [-0.2, 0) is 17.5 Å². The normalized spacial score (nSPS) is 18.5. The number of nitrogen functional groups attached to an aromatic ring is 1.